The third-order valence-electron chi connectivity index (χ3n) is 4.77. The van der Waals surface area contributed by atoms with E-state index < -0.39 is 6.10 Å². The molecule has 0 saturated heterocycles. The number of nitrogens with two attached hydrogens (primary N) is 1. The van der Waals surface area contributed by atoms with E-state index in [1.165, 1.54) is 0 Å². The maximum absolute atomic E-state index is 9.79. The number of aryl methyl sites for hydroxylation is 2. The number of aliphatic hydroxyl groups excluding tert-OH is 1. The molecule has 3 aromatic heterocycles. The van der Waals surface area contributed by atoms with Gasteiger partial charge in [-0.25, -0.2) is 9.97 Å². The van der Waals surface area contributed by atoms with E-state index in [1.807, 2.05) is 30.3 Å². The van der Waals surface area contributed by atoms with E-state index in [-0.39, 0.29) is 0 Å². The number of anilines is 3. The van der Waals surface area contributed by atoms with Crippen LogP contribution in [0.2, 0.25) is 0 Å². The zero-order valence-corrected chi connectivity index (χ0v) is 16.0. The van der Waals surface area contributed by atoms with Crippen LogP contribution >= 0.6 is 0 Å². The van der Waals surface area contributed by atoms with Crippen molar-refractivity contribution in [1.29, 1.82) is 0 Å². The summed E-state index contributed by atoms with van der Waals surface area (Å²) in [5.74, 6) is 1.71. The molecule has 4 rings (SSSR count). The first kappa shape index (κ1) is 17.9. The predicted molar refractivity (Wildman–Crippen MR) is 111 cm³/mol. The summed E-state index contributed by atoms with van der Waals surface area (Å²) >= 11 is 0. The Morgan fingerprint density at radius 1 is 1.14 bits per heavy atom. The Bertz CT molecular complexity index is 1160. The van der Waals surface area contributed by atoms with E-state index >= 15 is 0 Å². The predicted octanol–water partition coefficient (Wildman–Crippen LogP) is 3.72. The molecule has 4 N–H and O–H groups in total. The van der Waals surface area contributed by atoms with Crippen LogP contribution in [0.25, 0.3) is 22.0 Å². The molecule has 28 heavy (non-hydrogen) atoms. The molecule has 1 aromatic carbocycles. The monoisotopic (exact) mass is 374 g/mol. The van der Waals surface area contributed by atoms with Gasteiger partial charge in [-0.15, -0.1) is 0 Å². The van der Waals surface area contributed by atoms with Crippen molar-refractivity contribution in [2.45, 2.75) is 20.0 Å². The van der Waals surface area contributed by atoms with E-state index in [0.717, 1.165) is 33.3 Å². The highest BCUT2D eigenvalue weighted by Crippen LogP contribution is 2.29. The lowest BCUT2D eigenvalue weighted by atomic mass is 10.0. The molecule has 4 aromatic rings. The fourth-order valence-electron chi connectivity index (χ4n) is 3.31. The standard InChI is InChI=1S/C21H22N6O/c1-12-6-4-5-7-15(12)17-8-14-9-19(23-11-16(14)21(22)24-17)25-20-10-18(13(2)28)27(3)26-20/h4-11,13,28H,1-3H3,(H2,22,24)(H,23,25,26)/t13-/m1/s1. The number of pyridine rings is 2. The Kier molecular flexibility index (Phi) is 4.44. The summed E-state index contributed by atoms with van der Waals surface area (Å²) in [4.78, 5) is 8.98. The van der Waals surface area contributed by atoms with E-state index in [0.29, 0.717) is 17.5 Å². The smallest absolute Gasteiger partial charge is 0.153 e. The summed E-state index contributed by atoms with van der Waals surface area (Å²) in [6, 6.07) is 13.8. The van der Waals surface area contributed by atoms with Crippen molar-refractivity contribution in [3.8, 4) is 11.3 Å². The zero-order chi connectivity index (χ0) is 19.8. The Labute approximate surface area is 162 Å². The van der Waals surface area contributed by atoms with Crippen LogP contribution in [0.1, 0.15) is 24.3 Å². The van der Waals surface area contributed by atoms with Gasteiger partial charge in [0.1, 0.15) is 11.6 Å². The van der Waals surface area contributed by atoms with Crippen molar-refractivity contribution in [2.75, 3.05) is 11.1 Å². The summed E-state index contributed by atoms with van der Waals surface area (Å²) in [6.07, 6.45) is 1.11. The first-order chi connectivity index (χ1) is 13.4. The minimum absolute atomic E-state index is 0.448. The van der Waals surface area contributed by atoms with E-state index in [1.54, 1.807) is 30.9 Å². The number of aliphatic hydroxyl groups is 1. The van der Waals surface area contributed by atoms with Gasteiger partial charge in [-0.05, 0) is 36.9 Å². The number of hydrogen-bond acceptors (Lipinski definition) is 6. The van der Waals surface area contributed by atoms with Gasteiger partial charge in [0.25, 0.3) is 0 Å². The summed E-state index contributed by atoms with van der Waals surface area (Å²) in [5.41, 5.74) is 9.93. The average Bonchev–Trinajstić information content (AvgIpc) is 3.02. The number of benzene rings is 1. The largest absolute Gasteiger partial charge is 0.387 e. The molecule has 0 aliphatic rings. The van der Waals surface area contributed by atoms with E-state index in [9.17, 15) is 5.11 Å². The van der Waals surface area contributed by atoms with Gasteiger partial charge >= 0.3 is 0 Å². The Balaban J connectivity index is 1.74. The van der Waals surface area contributed by atoms with Crippen LogP contribution < -0.4 is 11.1 Å². The van der Waals surface area contributed by atoms with Gasteiger partial charge in [-0.2, -0.15) is 5.10 Å². The van der Waals surface area contributed by atoms with Gasteiger partial charge in [0.05, 0.1) is 17.5 Å². The minimum atomic E-state index is -0.597. The van der Waals surface area contributed by atoms with Gasteiger partial charge in [0.2, 0.25) is 0 Å². The summed E-state index contributed by atoms with van der Waals surface area (Å²) < 4.78 is 1.65. The lowest BCUT2D eigenvalue weighted by molar-refractivity contribution is 0.189. The lowest BCUT2D eigenvalue weighted by Gasteiger charge is -2.10. The first-order valence-corrected chi connectivity index (χ1v) is 9.03. The second-order valence-electron chi connectivity index (χ2n) is 6.88. The third-order valence-corrected chi connectivity index (χ3v) is 4.77. The average molecular weight is 374 g/mol. The number of rotatable bonds is 4. The van der Waals surface area contributed by atoms with Crippen molar-refractivity contribution in [3.63, 3.8) is 0 Å². The molecule has 0 unspecified atom stereocenters. The number of nitrogen functional groups attached to an aromatic ring is 1. The summed E-state index contributed by atoms with van der Waals surface area (Å²) in [5, 5.41) is 19.1. The van der Waals surface area contributed by atoms with Crippen LogP contribution in [-0.2, 0) is 7.05 Å². The van der Waals surface area contributed by atoms with Gasteiger partial charge in [0, 0.05) is 30.3 Å². The lowest BCUT2D eigenvalue weighted by Crippen LogP contribution is -2.01. The Morgan fingerprint density at radius 3 is 2.64 bits per heavy atom. The molecular weight excluding hydrogens is 352 g/mol. The number of nitrogens with zero attached hydrogens (tertiary/aromatic N) is 4. The molecule has 3 heterocycles. The number of fused-ring (bicyclic) bond motifs is 1. The van der Waals surface area contributed by atoms with Gasteiger partial charge in [-0.1, -0.05) is 24.3 Å². The molecule has 7 heteroatoms. The van der Waals surface area contributed by atoms with Crippen LogP contribution in [-0.4, -0.2) is 24.9 Å². The molecule has 142 valence electrons. The molecular formula is C21H22N6O. The molecule has 0 amide bonds. The Hall–Kier alpha value is -3.45. The first-order valence-electron chi connectivity index (χ1n) is 9.03. The highest BCUT2D eigenvalue weighted by molar-refractivity contribution is 5.94. The van der Waals surface area contributed by atoms with Gasteiger partial charge in [-0.3, -0.25) is 4.68 Å². The van der Waals surface area contributed by atoms with Crippen LogP contribution in [0.15, 0.2) is 48.7 Å². The maximum Gasteiger partial charge on any atom is 0.153 e. The molecule has 7 nitrogen and oxygen atoms in total. The van der Waals surface area contributed by atoms with E-state index in [4.69, 9.17) is 5.73 Å². The number of aromatic nitrogens is 4. The zero-order valence-electron chi connectivity index (χ0n) is 16.0. The maximum atomic E-state index is 9.79. The van der Waals surface area contributed by atoms with Crippen molar-refractivity contribution in [3.05, 3.63) is 59.9 Å². The third kappa shape index (κ3) is 3.27. The molecule has 0 aliphatic heterocycles. The fraction of sp³-hybridized carbons (Fsp3) is 0.190. The summed E-state index contributed by atoms with van der Waals surface area (Å²) in [6.45, 7) is 3.76. The highest BCUT2D eigenvalue weighted by Gasteiger charge is 2.12. The van der Waals surface area contributed by atoms with Gasteiger partial charge < -0.3 is 16.2 Å². The topological polar surface area (TPSA) is 102 Å². The second kappa shape index (κ2) is 6.94. The molecule has 1 atom stereocenters. The van der Waals surface area contributed by atoms with Crippen molar-refractivity contribution < 1.29 is 5.11 Å². The molecule has 0 radical (unpaired) electrons. The highest BCUT2D eigenvalue weighted by atomic mass is 16.3. The quantitative estimate of drug-likeness (QED) is 0.503. The van der Waals surface area contributed by atoms with Crippen LogP contribution in [0.3, 0.4) is 0 Å². The SMILES string of the molecule is Cc1ccccc1-c1cc2cc(Nc3cc([C@@H](C)O)n(C)n3)ncc2c(N)n1. The molecule has 0 aliphatic carbocycles. The van der Waals surface area contributed by atoms with Crippen LogP contribution in [0.4, 0.5) is 17.5 Å². The summed E-state index contributed by atoms with van der Waals surface area (Å²) in [7, 11) is 1.79. The van der Waals surface area contributed by atoms with Crippen molar-refractivity contribution >= 4 is 28.2 Å². The molecule has 0 fully saturated rings. The molecule has 0 spiro atoms. The van der Waals surface area contributed by atoms with Crippen LogP contribution in [0.5, 0.6) is 0 Å². The molecule has 0 saturated carbocycles. The number of nitrogens with one attached hydrogen (secondary N) is 1. The Morgan fingerprint density at radius 2 is 1.93 bits per heavy atom. The van der Waals surface area contributed by atoms with Crippen molar-refractivity contribution in [1.82, 2.24) is 19.7 Å². The number of hydrogen-bond donors (Lipinski definition) is 3. The minimum Gasteiger partial charge on any atom is -0.387 e. The second-order valence-corrected chi connectivity index (χ2v) is 6.88. The van der Waals surface area contributed by atoms with Crippen molar-refractivity contribution in [2.24, 2.45) is 7.05 Å². The molecule has 0 bridgehead atoms. The van der Waals surface area contributed by atoms with Crippen LogP contribution in [0, 0.1) is 6.92 Å². The van der Waals surface area contributed by atoms with Gasteiger partial charge in [0.15, 0.2) is 5.82 Å². The normalized spacial score (nSPS) is 12.3. The van der Waals surface area contributed by atoms with E-state index in [2.05, 4.69) is 33.4 Å². The fourth-order valence-corrected chi connectivity index (χ4v) is 3.31.